The van der Waals surface area contributed by atoms with E-state index < -0.39 is 0 Å². The van der Waals surface area contributed by atoms with Gasteiger partial charge in [0.25, 0.3) is 0 Å². The van der Waals surface area contributed by atoms with Crippen LogP contribution in [0.5, 0.6) is 0 Å². The predicted octanol–water partition coefficient (Wildman–Crippen LogP) is 4.75. The first-order valence-corrected chi connectivity index (χ1v) is 13.7. The fourth-order valence-corrected chi connectivity index (χ4v) is 7.21. The van der Waals surface area contributed by atoms with Crippen LogP contribution in [0.4, 0.5) is 0 Å². The van der Waals surface area contributed by atoms with E-state index in [1.54, 1.807) is 0 Å². The summed E-state index contributed by atoms with van der Waals surface area (Å²) in [6, 6.07) is 4.22. The average molecular weight is 444 g/mol. The molecule has 1 rings (SSSR count). The van der Waals surface area contributed by atoms with Gasteiger partial charge in [-0.05, 0) is 48.3 Å². The molecule has 0 atom stereocenters. The van der Waals surface area contributed by atoms with Gasteiger partial charge in [0, 0.05) is 0 Å². The lowest BCUT2D eigenvalue weighted by Crippen LogP contribution is -2.97. The van der Waals surface area contributed by atoms with E-state index in [0.29, 0.717) is 74.9 Å². The molecule has 1 fully saturated rings. The van der Waals surface area contributed by atoms with Crippen molar-refractivity contribution in [2.75, 3.05) is 0 Å². The van der Waals surface area contributed by atoms with Crippen molar-refractivity contribution in [2.24, 2.45) is 0 Å². The van der Waals surface area contributed by atoms with Crippen LogP contribution >= 0.6 is 0 Å². The zero-order chi connectivity index (χ0) is 25.2. The van der Waals surface area contributed by atoms with Gasteiger partial charge in [-0.25, -0.2) is 0 Å². The smallest absolute Gasteiger partial charge is 0.183 e. The second kappa shape index (κ2) is 12.2. The minimum atomic E-state index is 0.523. The van der Waals surface area contributed by atoms with Gasteiger partial charge in [0.15, 0.2) is 26.5 Å². The molecule has 4 nitrogen and oxygen atoms in total. The van der Waals surface area contributed by atoms with E-state index in [1.807, 2.05) is 0 Å². The van der Waals surface area contributed by atoms with Crippen LogP contribution in [0, 0.1) is 0 Å². The van der Waals surface area contributed by atoms with Crippen molar-refractivity contribution >= 4 is 26.5 Å². The summed E-state index contributed by atoms with van der Waals surface area (Å²) in [7, 11) is 0. The normalized spacial score (nSPS) is 16.1. The Hall–Kier alpha value is 0.0997. The molecule has 1 saturated heterocycles. The molecule has 0 amide bonds. The Bertz CT molecular complexity index is 418. The Morgan fingerprint density at radius 2 is 0.344 bits per heavy atom. The van der Waals surface area contributed by atoms with Crippen molar-refractivity contribution in [3.8, 4) is 0 Å². The molecule has 0 unspecified atom stereocenters. The number of hydrogen-bond acceptors (Lipinski definition) is 4. The maximum Gasteiger partial charge on any atom is 0.183 e. The van der Waals surface area contributed by atoms with Crippen LogP contribution in [0.25, 0.3) is 0 Å². The first-order valence-electron chi connectivity index (χ1n) is 13.7. The molecule has 0 aromatic carbocycles. The summed E-state index contributed by atoms with van der Waals surface area (Å²) in [5.74, 6) is 0. The van der Waals surface area contributed by atoms with Gasteiger partial charge >= 0.3 is 0 Å². The van der Waals surface area contributed by atoms with Crippen molar-refractivity contribution in [3.63, 3.8) is 0 Å². The highest BCUT2D eigenvalue weighted by Gasteiger charge is 2.69. The summed E-state index contributed by atoms with van der Waals surface area (Å²) in [6.07, 6.45) is 0. The highest BCUT2D eigenvalue weighted by molar-refractivity contribution is 7.93. The highest BCUT2D eigenvalue weighted by atomic mass is 15.2. The van der Waals surface area contributed by atoms with E-state index in [1.165, 1.54) is 0 Å². The molecule has 1 aliphatic heterocycles. The Labute approximate surface area is 204 Å². The third-order valence-corrected chi connectivity index (χ3v) is 7.55. The van der Waals surface area contributed by atoms with Gasteiger partial charge in [-0.2, -0.15) is 0 Å². The van der Waals surface area contributed by atoms with E-state index in [4.69, 9.17) is 0 Å². The Morgan fingerprint density at radius 3 is 0.406 bits per heavy atom. The summed E-state index contributed by atoms with van der Waals surface area (Å²) in [6.45, 7) is 40.4. The van der Waals surface area contributed by atoms with Gasteiger partial charge in [-0.3, -0.25) is 0 Å². The SMILES string of the molecule is CC(C)N(B1B(N(C(C)C)C(C)C)B(N(C(C)C)C(C)C)B1N(C(C)C)C(C)C)C(C)C. The summed E-state index contributed by atoms with van der Waals surface area (Å²) >= 11 is 0. The van der Waals surface area contributed by atoms with Crippen molar-refractivity contribution in [3.05, 3.63) is 0 Å². The first-order chi connectivity index (χ1) is 14.6. The van der Waals surface area contributed by atoms with Crippen LogP contribution in [0.15, 0.2) is 0 Å². The van der Waals surface area contributed by atoms with E-state index in [9.17, 15) is 0 Å². The molecule has 0 aromatic rings. The van der Waals surface area contributed by atoms with E-state index >= 15 is 0 Å². The van der Waals surface area contributed by atoms with Crippen LogP contribution in [0.2, 0.25) is 0 Å². The van der Waals surface area contributed by atoms with Gasteiger partial charge < -0.3 is 19.2 Å². The maximum atomic E-state index is 2.83. The molecule has 0 aromatic heterocycles. The second-order valence-corrected chi connectivity index (χ2v) is 12.5. The Kier molecular flexibility index (Phi) is 11.5. The van der Waals surface area contributed by atoms with Crippen LogP contribution < -0.4 is 0 Å². The van der Waals surface area contributed by atoms with Crippen LogP contribution in [-0.2, 0) is 0 Å². The molecule has 1 heterocycles. The van der Waals surface area contributed by atoms with E-state index in [2.05, 4.69) is 130 Å². The van der Waals surface area contributed by atoms with Gasteiger partial charge in [-0.1, -0.05) is 111 Å². The maximum absolute atomic E-state index is 2.83. The number of rotatable bonds is 12. The van der Waals surface area contributed by atoms with Gasteiger partial charge in [0.1, 0.15) is 0 Å². The lowest BCUT2D eigenvalue weighted by atomic mass is 8.60. The third kappa shape index (κ3) is 6.20. The molecule has 8 heteroatoms. The number of hydrogen-bond donors (Lipinski definition) is 0. The molecule has 0 bridgehead atoms. The fourth-order valence-electron chi connectivity index (χ4n) is 7.21. The van der Waals surface area contributed by atoms with Crippen LogP contribution in [0.3, 0.4) is 0 Å². The second-order valence-electron chi connectivity index (χ2n) is 12.5. The monoisotopic (exact) mass is 444 g/mol. The van der Waals surface area contributed by atoms with Gasteiger partial charge in [0.05, 0.1) is 0 Å². The molecular weight excluding hydrogens is 388 g/mol. The van der Waals surface area contributed by atoms with Crippen molar-refractivity contribution in [1.29, 1.82) is 0 Å². The van der Waals surface area contributed by atoms with Crippen molar-refractivity contribution < 1.29 is 0 Å². The van der Waals surface area contributed by atoms with Crippen LogP contribution in [-0.4, -0.2) is 94.1 Å². The summed E-state index contributed by atoms with van der Waals surface area (Å²) < 4.78 is 0. The zero-order valence-electron chi connectivity index (χ0n) is 24.7. The lowest BCUT2D eigenvalue weighted by Gasteiger charge is -2.64. The summed E-state index contributed by atoms with van der Waals surface area (Å²) in [4.78, 5) is 11.3. The fraction of sp³-hybridized carbons (Fsp3) is 1.00. The van der Waals surface area contributed by atoms with Crippen LogP contribution in [0.1, 0.15) is 111 Å². The van der Waals surface area contributed by atoms with Crippen molar-refractivity contribution in [2.45, 2.75) is 159 Å². The average Bonchev–Trinajstić information content (AvgIpc) is 2.58. The Morgan fingerprint density at radius 1 is 0.250 bits per heavy atom. The predicted molar refractivity (Wildman–Crippen MR) is 151 cm³/mol. The molecule has 32 heavy (non-hydrogen) atoms. The highest BCUT2D eigenvalue weighted by Crippen LogP contribution is 2.35. The molecule has 0 saturated carbocycles. The van der Waals surface area contributed by atoms with E-state index in [0.717, 1.165) is 0 Å². The quantitative estimate of drug-likeness (QED) is 0.403. The molecule has 1 aliphatic rings. The van der Waals surface area contributed by atoms with Gasteiger partial charge in [-0.15, -0.1) is 0 Å². The molecule has 0 N–H and O–H groups in total. The standard InChI is InChI=1S/C24H56B4N4/c1-17(2)29(18(3)4)25-26(30(19(5)6)20(7)8)28(32(23(13)14)24(15)16)27(25)31(21(9)10)22(11)12/h17-24H,1-16H3. The first kappa shape index (κ1) is 30.1. The molecule has 0 radical (unpaired) electrons. The molecule has 184 valence electrons. The lowest BCUT2D eigenvalue weighted by molar-refractivity contribution is 0.273. The topological polar surface area (TPSA) is 13.0 Å². The molecule has 0 aliphatic carbocycles. The Balaban J connectivity index is 3.83. The van der Waals surface area contributed by atoms with Gasteiger partial charge in [0.2, 0.25) is 0 Å². The van der Waals surface area contributed by atoms with Crippen molar-refractivity contribution in [1.82, 2.24) is 19.2 Å². The molecule has 0 spiro atoms. The number of nitrogens with zero attached hydrogens (tertiary/aromatic N) is 4. The largest absolute Gasteiger partial charge is 0.349 e. The summed E-state index contributed by atoms with van der Waals surface area (Å²) in [5, 5.41) is 0. The van der Waals surface area contributed by atoms with E-state index in [-0.39, 0.29) is 0 Å². The minimum Gasteiger partial charge on any atom is -0.349 e. The third-order valence-electron chi connectivity index (χ3n) is 7.55. The molecular formula is C24H56B4N4. The zero-order valence-corrected chi connectivity index (χ0v) is 24.7. The summed E-state index contributed by atoms with van der Waals surface area (Å²) in [5.41, 5.74) is 0. The minimum absolute atomic E-state index is 0.523.